The Kier molecular flexibility index (Phi) is 6.35. The molecule has 128 valence electrons. The molecule has 5 heteroatoms. The van der Waals surface area contributed by atoms with Crippen LogP contribution in [0.25, 0.3) is 11.1 Å². The summed E-state index contributed by atoms with van der Waals surface area (Å²) in [5, 5.41) is 17.9. The number of carboxylic acid groups (broad SMARTS) is 1. The number of benzene rings is 2. The highest BCUT2D eigenvalue weighted by molar-refractivity contribution is 5.91. The van der Waals surface area contributed by atoms with Gasteiger partial charge in [-0.2, -0.15) is 0 Å². The fourth-order valence-corrected chi connectivity index (χ4v) is 2.41. The third kappa shape index (κ3) is 4.81. The molecule has 0 atom stereocenters. The van der Waals surface area contributed by atoms with Gasteiger partial charge in [-0.3, -0.25) is 0 Å². The largest absolute Gasteiger partial charge is 0.491 e. The van der Waals surface area contributed by atoms with Gasteiger partial charge in [0.05, 0.1) is 25.4 Å². The number of aliphatic hydroxyl groups excluding tert-OH is 1. The summed E-state index contributed by atoms with van der Waals surface area (Å²) in [6.07, 6.45) is 0. The van der Waals surface area contributed by atoms with Crippen LogP contribution in [0.3, 0.4) is 0 Å². The van der Waals surface area contributed by atoms with E-state index >= 15 is 0 Å². The molecule has 0 aliphatic heterocycles. The van der Waals surface area contributed by atoms with Crippen molar-refractivity contribution in [3.8, 4) is 16.9 Å². The van der Waals surface area contributed by atoms with Crippen molar-refractivity contribution in [2.45, 2.75) is 13.8 Å². The number of ether oxygens (including phenoxy) is 2. The van der Waals surface area contributed by atoms with E-state index in [0.29, 0.717) is 31.1 Å². The van der Waals surface area contributed by atoms with Gasteiger partial charge >= 0.3 is 5.97 Å². The highest BCUT2D eigenvalue weighted by atomic mass is 16.5. The molecule has 0 amide bonds. The topological polar surface area (TPSA) is 76.0 Å². The fourth-order valence-electron chi connectivity index (χ4n) is 2.41. The average Bonchev–Trinajstić information content (AvgIpc) is 2.54. The molecule has 0 aliphatic rings. The van der Waals surface area contributed by atoms with Crippen molar-refractivity contribution >= 4 is 5.97 Å². The summed E-state index contributed by atoms with van der Waals surface area (Å²) in [6, 6.07) is 11.2. The van der Waals surface area contributed by atoms with E-state index in [-0.39, 0.29) is 6.61 Å². The Morgan fingerprint density at radius 1 is 1.00 bits per heavy atom. The lowest BCUT2D eigenvalue weighted by Crippen LogP contribution is -2.09. The number of hydrogen-bond donors (Lipinski definition) is 2. The van der Waals surface area contributed by atoms with Crippen LogP contribution in [-0.4, -0.2) is 42.6 Å². The zero-order valence-corrected chi connectivity index (χ0v) is 13.9. The predicted molar refractivity (Wildman–Crippen MR) is 91.7 cm³/mol. The molecular formula is C19H22O5. The maximum absolute atomic E-state index is 11.3. The minimum atomic E-state index is -0.931. The third-order valence-electron chi connectivity index (χ3n) is 3.58. The lowest BCUT2D eigenvalue weighted by molar-refractivity contribution is 0.0696. The lowest BCUT2D eigenvalue weighted by Gasteiger charge is -2.11. The van der Waals surface area contributed by atoms with Crippen LogP contribution >= 0.6 is 0 Å². The first-order valence-electron chi connectivity index (χ1n) is 7.78. The Labute approximate surface area is 141 Å². The molecule has 24 heavy (non-hydrogen) atoms. The molecule has 0 fully saturated rings. The van der Waals surface area contributed by atoms with Gasteiger partial charge in [-0.15, -0.1) is 0 Å². The average molecular weight is 330 g/mol. The van der Waals surface area contributed by atoms with Crippen LogP contribution in [0.2, 0.25) is 0 Å². The first-order chi connectivity index (χ1) is 11.5. The van der Waals surface area contributed by atoms with E-state index in [0.717, 1.165) is 22.3 Å². The van der Waals surface area contributed by atoms with E-state index in [1.165, 1.54) is 0 Å². The molecule has 2 rings (SSSR count). The van der Waals surface area contributed by atoms with E-state index in [9.17, 15) is 9.90 Å². The van der Waals surface area contributed by atoms with Gasteiger partial charge in [0.15, 0.2) is 0 Å². The fraction of sp³-hybridized carbons (Fsp3) is 0.316. The number of aliphatic hydroxyl groups is 1. The first kappa shape index (κ1) is 18.0. The van der Waals surface area contributed by atoms with Crippen LogP contribution in [0.15, 0.2) is 36.4 Å². The van der Waals surface area contributed by atoms with E-state index in [1.54, 1.807) is 13.0 Å². The molecule has 0 saturated heterocycles. The van der Waals surface area contributed by atoms with Gasteiger partial charge in [-0.05, 0) is 54.3 Å². The monoisotopic (exact) mass is 330 g/mol. The molecule has 2 aromatic carbocycles. The molecular weight excluding hydrogens is 308 g/mol. The normalized spacial score (nSPS) is 10.6. The number of hydrogen-bond acceptors (Lipinski definition) is 4. The molecule has 0 bridgehead atoms. The summed E-state index contributed by atoms with van der Waals surface area (Å²) in [5.74, 6) is -0.227. The van der Waals surface area contributed by atoms with Gasteiger partial charge < -0.3 is 19.7 Å². The van der Waals surface area contributed by atoms with Gasteiger partial charge in [0.2, 0.25) is 0 Å². The van der Waals surface area contributed by atoms with Crippen molar-refractivity contribution < 1.29 is 24.5 Å². The molecule has 5 nitrogen and oxygen atoms in total. The third-order valence-corrected chi connectivity index (χ3v) is 3.58. The smallest absolute Gasteiger partial charge is 0.335 e. The van der Waals surface area contributed by atoms with Crippen molar-refractivity contribution in [3.05, 3.63) is 53.1 Å². The van der Waals surface area contributed by atoms with Gasteiger partial charge in [-0.25, -0.2) is 4.79 Å². The number of carboxylic acids is 1. The van der Waals surface area contributed by atoms with Crippen molar-refractivity contribution in [2.75, 3.05) is 26.4 Å². The summed E-state index contributed by atoms with van der Waals surface area (Å²) in [6.45, 7) is 4.82. The standard InChI is InChI=1S/C19H22O5/c1-13-9-16(11-17(10-13)24-8-7-23-6-5-20)15-4-3-14(2)18(12-15)19(21)22/h3-4,9-12,20H,5-8H2,1-2H3,(H,21,22). The van der Waals surface area contributed by atoms with Crippen molar-refractivity contribution in [2.24, 2.45) is 0 Å². The predicted octanol–water partition coefficient (Wildman–Crippen LogP) is 3.06. The molecule has 0 unspecified atom stereocenters. The highest BCUT2D eigenvalue weighted by Gasteiger charge is 2.10. The minimum Gasteiger partial charge on any atom is -0.491 e. The molecule has 0 aliphatic carbocycles. The highest BCUT2D eigenvalue weighted by Crippen LogP contribution is 2.27. The maximum Gasteiger partial charge on any atom is 0.335 e. The molecule has 0 heterocycles. The molecule has 2 aromatic rings. The molecule has 2 N–H and O–H groups in total. The van der Waals surface area contributed by atoms with Crippen LogP contribution in [0.4, 0.5) is 0 Å². The van der Waals surface area contributed by atoms with Gasteiger partial charge in [0, 0.05) is 0 Å². The van der Waals surface area contributed by atoms with E-state index in [2.05, 4.69) is 0 Å². The van der Waals surface area contributed by atoms with Crippen LogP contribution < -0.4 is 4.74 Å². The van der Waals surface area contributed by atoms with Crippen molar-refractivity contribution in [1.29, 1.82) is 0 Å². The summed E-state index contributed by atoms with van der Waals surface area (Å²) in [7, 11) is 0. The summed E-state index contributed by atoms with van der Waals surface area (Å²) in [4.78, 5) is 11.3. The second-order valence-electron chi connectivity index (χ2n) is 5.55. The van der Waals surface area contributed by atoms with Crippen LogP contribution in [0.1, 0.15) is 21.5 Å². The number of rotatable bonds is 8. The Balaban J connectivity index is 2.19. The number of carbonyl (C=O) groups is 1. The maximum atomic E-state index is 11.3. The lowest BCUT2D eigenvalue weighted by atomic mass is 9.98. The van der Waals surface area contributed by atoms with Crippen molar-refractivity contribution in [3.63, 3.8) is 0 Å². The number of aryl methyl sites for hydroxylation is 2. The molecule has 0 spiro atoms. The van der Waals surface area contributed by atoms with Crippen molar-refractivity contribution in [1.82, 2.24) is 0 Å². The molecule has 0 saturated carbocycles. The SMILES string of the molecule is Cc1cc(OCCOCCO)cc(-c2ccc(C)c(C(=O)O)c2)c1. The Morgan fingerprint density at radius 2 is 1.79 bits per heavy atom. The zero-order chi connectivity index (χ0) is 17.5. The summed E-state index contributed by atoms with van der Waals surface area (Å²) >= 11 is 0. The first-order valence-corrected chi connectivity index (χ1v) is 7.78. The van der Waals surface area contributed by atoms with E-state index in [1.807, 2.05) is 37.3 Å². The van der Waals surface area contributed by atoms with Gasteiger partial charge in [0.1, 0.15) is 12.4 Å². The summed E-state index contributed by atoms with van der Waals surface area (Å²) < 4.78 is 10.8. The molecule has 0 radical (unpaired) electrons. The second-order valence-corrected chi connectivity index (χ2v) is 5.55. The second kappa shape index (κ2) is 8.47. The number of aromatic carboxylic acids is 1. The van der Waals surface area contributed by atoms with Gasteiger partial charge in [0.25, 0.3) is 0 Å². The Bertz CT molecular complexity index is 709. The summed E-state index contributed by atoms with van der Waals surface area (Å²) in [5.41, 5.74) is 3.80. The van der Waals surface area contributed by atoms with Crippen LogP contribution in [-0.2, 0) is 4.74 Å². The van der Waals surface area contributed by atoms with Crippen LogP contribution in [0.5, 0.6) is 5.75 Å². The van der Waals surface area contributed by atoms with Crippen LogP contribution in [0, 0.1) is 13.8 Å². The zero-order valence-electron chi connectivity index (χ0n) is 13.9. The molecule has 0 aromatic heterocycles. The Hall–Kier alpha value is -2.37. The van der Waals surface area contributed by atoms with Gasteiger partial charge in [-0.1, -0.05) is 18.2 Å². The van der Waals surface area contributed by atoms with E-state index < -0.39 is 5.97 Å². The quantitative estimate of drug-likeness (QED) is 0.728. The Morgan fingerprint density at radius 3 is 2.50 bits per heavy atom. The van der Waals surface area contributed by atoms with E-state index in [4.69, 9.17) is 14.6 Å². The minimum absolute atomic E-state index is 0.00602.